The first-order valence-corrected chi connectivity index (χ1v) is 48.8. The predicted octanol–water partition coefficient (Wildman–Crippen LogP) is 17.1. The number of nitrogens with zero attached hydrogens (tertiary/aromatic N) is 3. The second-order valence-corrected chi connectivity index (χ2v) is 36.8. The minimum Gasteiger partial charge on any atom is -0.870 e. The fourth-order valence-electron chi connectivity index (χ4n) is 12.3. The minimum absolute atomic E-state index is 0. The molecule has 800 valence electrons. The number of aliphatic carboxylic acids is 2. The molecule has 8 rings (SSSR count). The van der Waals surface area contributed by atoms with Gasteiger partial charge in [-0.3, -0.25) is 83.6 Å². The minimum atomic E-state index is -0.827. The van der Waals surface area contributed by atoms with Crippen molar-refractivity contribution in [3.8, 4) is 0 Å². The van der Waals surface area contributed by atoms with Crippen LogP contribution in [0.5, 0.6) is 0 Å². The van der Waals surface area contributed by atoms with E-state index < -0.39 is 52.6 Å². The molecule has 38 nitrogen and oxygen atoms in total. The van der Waals surface area contributed by atoms with Crippen molar-refractivity contribution in [3.63, 3.8) is 0 Å². The number of hydrogen-bond donors (Lipinski definition) is 14. The van der Waals surface area contributed by atoms with Crippen LogP contribution in [-0.4, -0.2) is 150 Å². The van der Waals surface area contributed by atoms with Crippen molar-refractivity contribution < 1.29 is 130 Å². The number of para-hydroxylation sites is 9. The molecule has 0 bridgehead atoms. The van der Waals surface area contributed by atoms with Crippen LogP contribution in [0.2, 0.25) is 0 Å². The third-order valence-corrected chi connectivity index (χ3v) is 19.0. The monoisotopic (exact) mass is 2040 g/mol. The molecule has 0 saturated carbocycles. The normalized spacial score (nSPS) is 10.4. The van der Waals surface area contributed by atoms with E-state index in [2.05, 4.69) is 62.8 Å². The number of rotatable bonds is 46. The molecule has 147 heavy (non-hydrogen) atoms. The van der Waals surface area contributed by atoms with E-state index in [-0.39, 0.29) is 97.0 Å². The van der Waals surface area contributed by atoms with Crippen molar-refractivity contribution in [2.24, 2.45) is 5.73 Å². The van der Waals surface area contributed by atoms with Gasteiger partial charge in [0.25, 0.3) is 0 Å². The molecule has 8 aromatic rings. The van der Waals surface area contributed by atoms with Gasteiger partial charge in [0.05, 0.1) is 65.1 Å². The van der Waals surface area contributed by atoms with Gasteiger partial charge in [0.1, 0.15) is 22.4 Å². The number of benzene rings is 5. The number of carboxylic acids is 2. The number of aromatic nitrogens is 3. The molecular weight excluding hydrogens is 1880 g/mol. The van der Waals surface area contributed by atoms with E-state index in [4.69, 9.17) is 55.8 Å². The fraction of sp³-hybridized carbons (Fsp3) is 0.454. The van der Waals surface area contributed by atoms with E-state index in [0.29, 0.717) is 193 Å². The molecule has 0 aliphatic rings. The smallest absolute Gasteiger partial charge is 0.870 e. The largest absolute Gasteiger partial charge is 1.00 e. The number of nitrogens with two attached hydrogens (primary N) is 3. The van der Waals surface area contributed by atoms with Crippen molar-refractivity contribution in [1.82, 2.24) is 25.6 Å². The average Bonchev–Trinajstić information content (AvgIpc) is 0.848. The Morgan fingerprint density at radius 1 is 0.299 bits per heavy atom. The molecular formula is C108H154LiN15O23. The summed E-state index contributed by atoms with van der Waals surface area (Å²) in [5.74, 6) is -2.79. The van der Waals surface area contributed by atoms with Crippen LogP contribution in [0.1, 0.15) is 280 Å². The number of amides is 9. The molecule has 9 amide bonds. The van der Waals surface area contributed by atoms with Gasteiger partial charge in [-0.15, -0.1) is 0 Å². The third-order valence-electron chi connectivity index (χ3n) is 19.0. The van der Waals surface area contributed by atoms with E-state index in [1.54, 1.807) is 204 Å². The Bertz CT molecular complexity index is 5210. The Balaban J connectivity index is 0.00000174. The van der Waals surface area contributed by atoms with Crippen LogP contribution in [0.3, 0.4) is 0 Å². The molecule has 39 heteroatoms. The summed E-state index contributed by atoms with van der Waals surface area (Å²) in [6, 6.07) is 46.6. The number of anilines is 9. The zero-order chi connectivity index (χ0) is 108. The van der Waals surface area contributed by atoms with Crippen LogP contribution in [0.4, 0.5) is 65.6 Å². The Labute approximate surface area is 876 Å². The predicted molar refractivity (Wildman–Crippen MR) is 565 cm³/mol. The quantitative estimate of drug-likeness (QED) is 0.00554. The molecule has 0 fully saturated rings. The molecule has 0 aliphatic heterocycles. The van der Waals surface area contributed by atoms with Crippen molar-refractivity contribution in [2.45, 2.75) is 306 Å². The van der Waals surface area contributed by atoms with Gasteiger partial charge < -0.3 is 93.2 Å². The average molecular weight is 2040 g/mol. The number of unbranched alkanes of at least 4 members (excludes halogenated alkanes) is 10. The second-order valence-electron chi connectivity index (χ2n) is 36.8. The van der Waals surface area contributed by atoms with Crippen LogP contribution in [0, 0.1) is 0 Å². The molecule has 0 saturated heterocycles. The van der Waals surface area contributed by atoms with E-state index in [1.807, 2.05) is 87.5 Å². The maximum absolute atomic E-state index is 12.3. The molecule has 0 spiro atoms. The Hall–Kier alpha value is -14.4. The summed E-state index contributed by atoms with van der Waals surface area (Å²) in [5, 5.41) is 41.7. The number of pyridine rings is 3. The summed E-state index contributed by atoms with van der Waals surface area (Å²) in [6.45, 7) is 27.4. The van der Waals surface area contributed by atoms with E-state index in [0.717, 1.165) is 60.8 Å². The van der Waals surface area contributed by atoms with Crippen LogP contribution < -0.4 is 83.9 Å². The number of ether oxygens (including phenoxy) is 6. The van der Waals surface area contributed by atoms with Gasteiger partial charge >= 0.3 is 67.0 Å². The number of hydrogen-bond acceptors (Lipinski definition) is 27. The van der Waals surface area contributed by atoms with Crippen LogP contribution in [0.15, 0.2) is 195 Å². The number of esters is 3. The third kappa shape index (κ3) is 72.5. The van der Waals surface area contributed by atoms with Crippen molar-refractivity contribution >= 4 is 135 Å². The van der Waals surface area contributed by atoms with Crippen LogP contribution in [-0.2, 0) is 107 Å². The molecule has 0 radical (unpaired) electrons. The molecule has 3 aromatic heterocycles. The number of nitrogens with one attached hydrogen (secondary N) is 9. The summed E-state index contributed by atoms with van der Waals surface area (Å²) < 4.78 is 30.5. The first-order valence-electron chi connectivity index (χ1n) is 48.8. The zero-order valence-electron chi connectivity index (χ0n) is 88.0. The fourth-order valence-corrected chi connectivity index (χ4v) is 12.3. The van der Waals surface area contributed by atoms with Gasteiger partial charge in [-0.05, 0) is 256 Å². The summed E-state index contributed by atoms with van der Waals surface area (Å²) in [6.07, 6.45) is 22.7. The number of carbonyl (C=O) groups excluding carboxylic acids is 12. The molecule has 3 heterocycles. The Morgan fingerprint density at radius 3 is 0.823 bits per heavy atom. The van der Waals surface area contributed by atoms with E-state index >= 15 is 0 Å². The number of nitrogen functional groups attached to an aromatic ring is 2. The van der Waals surface area contributed by atoms with Crippen molar-refractivity contribution in [3.05, 3.63) is 217 Å². The molecule has 18 N–H and O–H groups in total. The first-order chi connectivity index (χ1) is 68.7. The maximum atomic E-state index is 12.3. The van der Waals surface area contributed by atoms with Gasteiger partial charge in [-0.1, -0.05) is 117 Å². The molecule has 0 atom stereocenters. The standard InChI is InChI=1S/C24H32N4O4.C20H30N2O5.C19H24N4O2.C18H26N2O5.C12H17NO2.C9H16O4.C6H8N2.Li.H2O/c1-24(2,3)32-23(31)28-20-12-8-7-11-19(20)27-22(30)14-6-4-5-13-21(29)26-17-18-10-9-15-25-16-18;1-5-26-18(24)14-8-6-7-13-17(23)21-15-11-9-10-12-16(15)22-19(25)27-20(2,3)4;20-16-8-4-5-9-17(16)23-19(25)11-3-1-2-10-18(24)22-14-15-7-6-12-21-13-15;1-18(2,3)25-17(24)20-14-10-8-7-9-13(14)19-15(21)11-5-4-6-12-16(22)23;1-12(2,3)15-11(14)8-9-6-4-5-7-10(9)13;1-2-13-9(12)7-5-3-4-6-8(10)11;7-4-6-2-1-3-8-5-6;;/h7-12,15-16H,4-6,13-14,17H2,1-3H3,(H,26,29)(H,27,30)(H,28,31);9-12H,5-8,13-14H2,1-4H3,(H,21,23)(H,22,25);4-9,12-13H,1-3,10-11,14,20H2,(H,22,24)(H,23,25);7-10H,4-6,11-12H2,1-3H3,(H,19,21)(H,20,24)(H,22,23);4-7H,8,13H2,1-3H3;2-7H2,1H3,(H,10,11);1-3,5H,4,7H2;;1H2/q;;;;;;;+1;/p-1. The Kier molecular flexibility index (Phi) is 68.8. The molecule has 0 unspecified atom stereocenters. The Morgan fingerprint density at radius 2 is 0.558 bits per heavy atom. The van der Waals surface area contributed by atoms with Crippen LogP contribution in [0.25, 0.3) is 0 Å². The number of carboxylic acid groups (broad SMARTS) is 2. The summed E-state index contributed by atoms with van der Waals surface area (Å²) in [5.41, 5.74) is 23.1. The van der Waals surface area contributed by atoms with Gasteiger partial charge in [-0.25, -0.2) is 14.4 Å². The first kappa shape index (κ1) is 133. The van der Waals surface area contributed by atoms with Gasteiger partial charge in [0, 0.05) is 127 Å². The SMILES string of the molecule is CC(C)(C)OC(=O)Cc1ccccc1N.CC(C)(C)OC(=O)Nc1ccccc1NC(=O)CCCCCC(=O)NCc1cccnc1.CC(C)(C)OC(=O)Nc1ccccc1NC(=O)CCCCCC(=O)O.CCOC(=O)CCCCCC(=O)Nc1ccccc1NC(=O)OC(C)(C)C.CCOC(=O)CCCCCC(=O)O.NCc1cccnc1.Nc1ccccc1NC(=O)CCCCCC(=O)NCc1cccnc1.[Li+].[OH-]. The summed E-state index contributed by atoms with van der Waals surface area (Å²) in [4.78, 5) is 174. The van der Waals surface area contributed by atoms with E-state index in [1.165, 1.54) is 0 Å². The molecule has 0 aliphatic carbocycles. The number of carbonyl (C=O) groups is 14. The van der Waals surface area contributed by atoms with Crippen LogP contribution >= 0.6 is 0 Å². The summed E-state index contributed by atoms with van der Waals surface area (Å²) >= 11 is 0. The van der Waals surface area contributed by atoms with Gasteiger partial charge in [0.15, 0.2) is 0 Å². The second kappa shape index (κ2) is 76.3. The van der Waals surface area contributed by atoms with E-state index in [9.17, 15) is 67.1 Å². The summed E-state index contributed by atoms with van der Waals surface area (Å²) in [7, 11) is 0. The molecule has 5 aromatic carbocycles. The topological polar surface area (TPSA) is 590 Å². The van der Waals surface area contributed by atoms with Crippen molar-refractivity contribution in [1.29, 1.82) is 0 Å². The van der Waals surface area contributed by atoms with Crippen molar-refractivity contribution in [2.75, 3.05) is 61.9 Å². The van der Waals surface area contributed by atoms with Gasteiger partial charge in [0.2, 0.25) is 35.4 Å². The van der Waals surface area contributed by atoms with Gasteiger partial charge in [-0.2, -0.15) is 0 Å². The maximum Gasteiger partial charge on any atom is 1.00 e. The zero-order valence-corrected chi connectivity index (χ0v) is 88.0.